The Morgan fingerprint density at radius 1 is 1.12 bits per heavy atom. The van der Waals surface area contributed by atoms with Gasteiger partial charge in [0.1, 0.15) is 5.75 Å². The highest BCUT2D eigenvalue weighted by Gasteiger charge is 2.34. The number of carbonyl (C=O) groups is 1. The van der Waals surface area contributed by atoms with E-state index in [1.165, 1.54) is 11.1 Å². The molecule has 1 atom stereocenters. The molecule has 2 amide bonds. The molecule has 0 aliphatic carbocycles. The van der Waals surface area contributed by atoms with Gasteiger partial charge >= 0.3 is 6.03 Å². The molecule has 1 aliphatic heterocycles. The van der Waals surface area contributed by atoms with Gasteiger partial charge in [0, 0.05) is 34.7 Å². The summed E-state index contributed by atoms with van der Waals surface area (Å²) in [5, 5.41) is 4.94. The number of hydrogen-bond donors (Lipinski definition) is 2. The summed E-state index contributed by atoms with van der Waals surface area (Å²) in [4.78, 5) is 18.9. The maximum Gasteiger partial charge on any atom is 0.318 e. The lowest BCUT2D eigenvalue weighted by Crippen LogP contribution is -2.45. The van der Waals surface area contributed by atoms with Gasteiger partial charge in [0.15, 0.2) is 0 Å². The molecule has 0 fully saturated rings. The van der Waals surface area contributed by atoms with Gasteiger partial charge in [-0.05, 0) is 60.4 Å². The summed E-state index contributed by atoms with van der Waals surface area (Å²) < 4.78 is 5.34. The Morgan fingerprint density at radius 2 is 1.88 bits per heavy atom. The number of methoxy groups -OCH3 is 1. The molecule has 1 aliphatic rings. The first-order valence-electron chi connectivity index (χ1n) is 11.1. The minimum absolute atomic E-state index is 0.0845. The zero-order valence-electron chi connectivity index (χ0n) is 18.7. The average molecular weight is 460 g/mol. The summed E-state index contributed by atoms with van der Waals surface area (Å²) in [5.74, 6) is 0.786. The topological polar surface area (TPSA) is 57.4 Å². The first-order chi connectivity index (χ1) is 16.0. The standard InChI is InChI=1S/C27H26ClN3O2/c1-17-3-5-18(6-4-17)16-29-27(32)31-14-13-22-23-15-20(28)9-12-24(23)30-25(22)26(31)19-7-10-21(33-2)11-8-19/h3-12,15,26,30H,13-14,16H2,1-2H3,(H,29,32). The number of aryl methyl sites for hydroxylation is 1. The molecule has 0 bridgehead atoms. The highest BCUT2D eigenvalue weighted by Crippen LogP contribution is 2.39. The summed E-state index contributed by atoms with van der Waals surface area (Å²) in [6.45, 7) is 3.16. The molecular formula is C27H26ClN3O2. The number of nitrogens with zero attached hydrogens (tertiary/aromatic N) is 1. The summed E-state index contributed by atoms with van der Waals surface area (Å²) in [6, 6.07) is 21.7. The van der Waals surface area contributed by atoms with E-state index in [-0.39, 0.29) is 12.1 Å². The number of aromatic nitrogens is 1. The van der Waals surface area contributed by atoms with E-state index in [9.17, 15) is 4.79 Å². The van der Waals surface area contributed by atoms with Crippen LogP contribution in [0.3, 0.4) is 0 Å². The predicted molar refractivity (Wildman–Crippen MR) is 132 cm³/mol. The van der Waals surface area contributed by atoms with Crippen LogP contribution in [0.1, 0.15) is 34.0 Å². The lowest BCUT2D eigenvalue weighted by Gasteiger charge is -2.36. The fraction of sp³-hybridized carbons (Fsp3) is 0.222. The molecule has 2 N–H and O–H groups in total. The Kier molecular flexibility index (Phi) is 5.73. The molecule has 1 unspecified atom stereocenters. The quantitative estimate of drug-likeness (QED) is 0.393. The molecule has 1 aromatic heterocycles. The Bertz CT molecular complexity index is 1300. The van der Waals surface area contributed by atoms with E-state index in [1.54, 1.807) is 7.11 Å². The average Bonchev–Trinajstić information content (AvgIpc) is 3.21. The highest BCUT2D eigenvalue weighted by molar-refractivity contribution is 6.31. The maximum atomic E-state index is 13.4. The Hall–Kier alpha value is -3.44. The number of benzene rings is 3. The SMILES string of the molecule is COc1ccc(C2c3[nH]c4ccc(Cl)cc4c3CCN2C(=O)NCc2ccc(C)cc2)cc1. The Balaban J connectivity index is 1.50. The first kappa shape index (κ1) is 21.4. The predicted octanol–water partition coefficient (Wildman–Crippen LogP) is 6.00. The molecule has 0 saturated carbocycles. The van der Waals surface area contributed by atoms with Crippen LogP contribution < -0.4 is 10.1 Å². The molecule has 5 nitrogen and oxygen atoms in total. The van der Waals surface area contributed by atoms with Crippen LogP contribution in [0.25, 0.3) is 10.9 Å². The zero-order valence-corrected chi connectivity index (χ0v) is 19.4. The van der Waals surface area contributed by atoms with Crippen LogP contribution in [-0.4, -0.2) is 29.6 Å². The van der Waals surface area contributed by atoms with E-state index in [1.807, 2.05) is 59.5 Å². The number of aromatic amines is 1. The molecule has 0 radical (unpaired) electrons. The second-order valence-corrected chi connectivity index (χ2v) is 8.91. The van der Waals surface area contributed by atoms with Gasteiger partial charge in [-0.15, -0.1) is 0 Å². The third kappa shape index (κ3) is 4.16. The fourth-order valence-electron chi connectivity index (χ4n) is 4.60. The van der Waals surface area contributed by atoms with Crippen LogP contribution in [-0.2, 0) is 13.0 Å². The van der Waals surface area contributed by atoms with Gasteiger partial charge in [0.25, 0.3) is 0 Å². The van der Waals surface area contributed by atoms with Gasteiger partial charge in [0.2, 0.25) is 0 Å². The van der Waals surface area contributed by atoms with Crippen molar-refractivity contribution in [3.63, 3.8) is 0 Å². The van der Waals surface area contributed by atoms with Crippen LogP contribution in [0.15, 0.2) is 66.7 Å². The summed E-state index contributed by atoms with van der Waals surface area (Å²) >= 11 is 6.29. The van der Waals surface area contributed by atoms with Crippen molar-refractivity contribution in [2.24, 2.45) is 0 Å². The molecular weight excluding hydrogens is 434 g/mol. The number of halogens is 1. The maximum absolute atomic E-state index is 13.4. The van der Waals surface area contributed by atoms with Gasteiger partial charge < -0.3 is 19.9 Å². The van der Waals surface area contributed by atoms with E-state index >= 15 is 0 Å². The largest absolute Gasteiger partial charge is 0.497 e. The van der Waals surface area contributed by atoms with Crippen molar-refractivity contribution in [2.75, 3.05) is 13.7 Å². The molecule has 33 heavy (non-hydrogen) atoms. The summed E-state index contributed by atoms with van der Waals surface area (Å²) in [7, 11) is 1.65. The van der Waals surface area contributed by atoms with E-state index in [2.05, 4.69) is 29.4 Å². The van der Waals surface area contributed by atoms with Crippen LogP contribution in [0.5, 0.6) is 5.75 Å². The van der Waals surface area contributed by atoms with E-state index < -0.39 is 0 Å². The van der Waals surface area contributed by atoms with Crippen molar-refractivity contribution in [2.45, 2.75) is 25.9 Å². The van der Waals surface area contributed by atoms with Gasteiger partial charge in [-0.3, -0.25) is 0 Å². The fourth-order valence-corrected chi connectivity index (χ4v) is 4.77. The zero-order chi connectivity index (χ0) is 22.9. The molecule has 168 valence electrons. The smallest absolute Gasteiger partial charge is 0.318 e. The molecule has 3 aromatic carbocycles. The van der Waals surface area contributed by atoms with Crippen molar-refractivity contribution in [3.8, 4) is 5.75 Å². The molecule has 2 heterocycles. The van der Waals surface area contributed by atoms with Gasteiger partial charge in [-0.2, -0.15) is 0 Å². The Morgan fingerprint density at radius 3 is 2.61 bits per heavy atom. The van der Waals surface area contributed by atoms with E-state index in [4.69, 9.17) is 16.3 Å². The van der Waals surface area contributed by atoms with Crippen molar-refractivity contribution in [1.29, 1.82) is 0 Å². The highest BCUT2D eigenvalue weighted by atomic mass is 35.5. The molecule has 0 saturated heterocycles. The number of nitrogens with one attached hydrogen (secondary N) is 2. The molecule has 0 spiro atoms. The Labute approximate surface area is 198 Å². The van der Waals surface area contributed by atoms with Crippen molar-refractivity contribution < 1.29 is 9.53 Å². The number of carbonyl (C=O) groups excluding carboxylic acids is 1. The van der Waals surface area contributed by atoms with E-state index in [0.29, 0.717) is 18.1 Å². The van der Waals surface area contributed by atoms with Gasteiger partial charge in [-0.25, -0.2) is 4.79 Å². The molecule has 5 rings (SSSR count). The molecule has 4 aromatic rings. The lowest BCUT2D eigenvalue weighted by atomic mass is 9.92. The number of rotatable bonds is 4. The first-order valence-corrected chi connectivity index (χ1v) is 11.5. The minimum atomic E-state index is -0.233. The van der Waals surface area contributed by atoms with Crippen LogP contribution in [0.2, 0.25) is 5.02 Å². The number of hydrogen-bond acceptors (Lipinski definition) is 2. The second-order valence-electron chi connectivity index (χ2n) is 8.47. The normalized spacial score (nSPS) is 15.4. The second kappa shape index (κ2) is 8.83. The third-order valence-electron chi connectivity index (χ3n) is 6.35. The monoisotopic (exact) mass is 459 g/mol. The van der Waals surface area contributed by atoms with Gasteiger partial charge in [0.05, 0.1) is 13.2 Å². The van der Waals surface area contributed by atoms with Crippen LogP contribution in [0.4, 0.5) is 4.79 Å². The summed E-state index contributed by atoms with van der Waals surface area (Å²) in [5.41, 5.74) is 6.59. The lowest BCUT2D eigenvalue weighted by molar-refractivity contribution is 0.179. The summed E-state index contributed by atoms with van der Waals surface area (Å²) in [6.07, 6.45) is 0.764. The van der Waals surface area contributed by atoms with Crippen LogP contribution >= 0.6 is 11.6 Å². The number of urea groups is 1. The third-order valence-corrected chi connectivity index (χ3v) is 6.58. The van der Waals surface area contributed by atoms with Crippen molar-refractivity contribution in [1.82, 2.24) is 15.2 Å². The van der Waals surface area contributed by atoms with E-state index in [0.717, 1.165) is 39.9 Å². The number of amides is 2. The van der Waals surface area contributed by atoms with Crippen molar-refractivity contribution in [3.05, 3.63) is 99.7 Å². The number of H-pyrrole nitrogens is 1. The number of ether oxygens (including phenoxy) is 1. The van der Waals surface area contributed by atoms with Gasteiger partial charge in [-0.1, -0.05) is 53.6 Å². The minimum Gasteiger partial charge on any atom is -0.497 e. The van der Waals surface area contributed by atoms with Crippen molar-refractivity contribution >= 4 is 28.5 Å². The molecule has 6 heteroatoms. The number of fused-ring (bicyclic) bond motifs is 3. The van der Waals surface area contributed by atoms with Crippen LogP contribution in [0, 0.1) is 6.92 Å².